The average Bonchev–Trinajstić information content (AvgIpc) is 2.63. The molecular weight excluding hydrogens is 232 g/mol. The van der Waals surface area contributed by atoms with Gasteiger partial charge in [-0.05, 0) is 25.3 Å². The van der Waals surface area contributed by atoms with Gasteiger partial charge >= 0.3 is 0 Å². The van der Waals surface area contributed by atoms with Gasteiger partial charge in [0.1, 0.15) is 4.83 Å². The second-order valence-corrected chi connectivity index (χ2v) is 5.46. The van der Waals surface area contributed by atoms with Crippen LogP contribution in [0.5, 0.6) is 0 Å². The Labute approximate surface area is 105 Å². The molecule has 2 aromatic rings. The van der Waals surface area contributed by atoms with Gasteiger partial charge in [0.05, 0.1) is 11.7 Å². The third-order valence-electron chi connectivity index (χ3n) is 3.09. The van der Waals surface area contributed by atoms with Crippen LogP contribution < -0.4 is 5.56 Å². The van der Waals surface area contributed by atoms with Gasteiger partial charge in [0.2, 0.25) is 0 Å². The molecule has 0 aromatic carbocycles. The van der Waals surface area contributed by atoms with Crippen molar-refractivity contribution in [3.8, 4) is 0 Å². The summed E-state index contributed by atoms with van der Waals surface area (Å²) in [5, 5.41) is 0.781. The highest BCUT2D eigenvalue weighted by Crippen LogP contribution is 2.27. The van der Waals surface area contributed by atoms with Crippen LogP contribution in [0.4, 0.5) is 0 Å². The molecule has 92 valence electrons. The molecule has 0 spiro atoms. The summed E-state index contributed by atoms with van der Waals surface area (Å²) < 4.78 is 0. The summed E-state index contributed by atoms with van der Waals surface area (Å²) in [4.78, 5) is 20.8. The van der Waals surface area contributed by atoms with E-state index < -0.39 is 0 Å². The van der Waals surface area contributed by atoms with Gasteiger partial charge in [-0.1, -0.05) is 26.2 Å². The Balaban J connectivity index is 2.21. The molecule has 2 heterocycles. The average molecular weight is 250 g/mol. The first-order chi connectivity index (χ1) is 8.24. The van der Waals surface area contributed by atoms with Crippen LogP contribution in [0.3, 0.4) is 0 Å². The molecule has 0 aliphatic carbocycles. The normalized spacial score (nSPS) is 11.2. The van der Waals surface area contributed by atoms with Crippen LogP contribution in [-0.4, -0.2) is 9.97 Å². The molecule has 0 aliphatic heterocycles. The fourth-order valence-corrected chi connectivity index (χ4v) is 3.26. The van der Waals surface area contributed by atoms with Gasteiger partial charge in [-0.3, -0.25) is 4.79 Å². The van der Waals surface area contributed by atoms with Gasteiger partial charge in [-0.2, -0.15) is 0 Å². The molecule has 1 N–H and O–H groups in total. The molecule has 0 aliphatic rings. The van der Waals surface area contributed by atoms with E-state index in [-0.39, 0.29) is 5.56 Å². The van der Waals surface area contributed by atoms with E-state index in [4.69, 9.17) is 0 Å². The number of rotatable bonds is 5. The van der Waals surface area contributed by atoms with Crippen LogP contribution in [0.2, 0.25) is 0 Å². The first-order valence-corrected chi connectivity index (χ1v) is 7.01. The van der Waals surface area contributed by atoms with Crippen LogP contribution in [0, 0.1) is 6.92 Å². The lowest BCUT2D eigenvalue weighted by atomic mass is 10.1. The maximum atomic E-state index is 11.7. The number of thiophene rings is 1. The van der Waals surface area contributed by atoms with E-state index in [1.807, 2.05) is 6.92 Å². The predicted octanol–water partition coefficient (Wildman–Crippen LogP) is 3.42. The van der Waals surface area contributed by atoms with E-state index in [9.17, 15) is 4.79 Å². The molecule has 0 radical (unpaired) electrons. The minimum absolute atomic E-state index is 0.0106. The molecule has 2 rings (SSSR count). The maximum absolute atomic E-state index is 11.7. The fraction of sp³-hybridized carbons (Fsp3) is 0.538. The largest absolute Gasteiger partial charge is 0.313 e. The van der Waals surface area contributed by atoms with Crippen molar-refractivity contribution in [2.24, 2.45) is 0 Å². The van der Waals surface area contributed by atoms with E-state index >= 15 is 0 Å². The summed E-state index contributed by atoms with van der Waals surface area (Å²) in [7, 11) is 0. The summed E-state index contributed by atoms with van der Waals surface area (Å²) in [6.45, 7) is 4.25. The Hall–Kier alpha value is -1.16. The molecule has 3 nitrogen and oxygen atoms in total. The minimum atomic E-state index is -0.0106. The fourth-order valence-electron chi connectivity index (χ4n) is 2.07. The first kappa shape index (κ1) is 12.3. The maximum Gasteiger partial charge on any atom is 0.259 e. The van der Waals surface area contributed by atoms with Crippen LogP contribution in [-0.2, 0) is 6.42 Å². The predicted molar refractivity (Wildman–Crippen MR) is 72.8 cm³/mol. The zero-order valence-corrected chi connectivity index (χ0v) is 11.2. The van der Waals surface area contributed by atoms with Gasteiger partial charge in [-0.25, -0.2) is 4.98 Å². The second-order valence-electron chi connectivity index (χ2n) is 4.37. The summed E-state index contributed by atoms with van der Waals surface area (Å²) in [6, 6.07) is 0. The van der Waals surface area contributed by atoms with Crippen molar-refractivity contribution in [1.82, 2.24) is 9.97 Å². The van der Waals surface area contributed by atoms with E-state index in [1.54, 1.807) is 11.3 Å². The number of nitrogens with zero attached hydrogens (tertiary/aromatic N) is 1. The molecule has 0 fully saturated rings. The zero-order chi connectivity index (χ0) is 12.3. The summed E-state index contributed by atoms with van der Waals surface area (Å²) in [6.07, 6.45) is 7.59. The molecular formula is C13H18N2OS. The number of unbranched alkanes of at least 4 members (excludes halogenated alkanes) is 3. The van der Waals surface area contributed by atoms with E-state index in [2.05, 4.69) is 16.9 Å². The highest BCUT2D eigenvalue weighted by Gasteiger charge is 2.11. The highest BCUT2D eigenvalue weighted by atomic mass is 32.1. The van der Waals surface area contributed by atoms with Crippen LogP contribution >= 0.6 is 11.3 Å². The van der Waals surface area contributed by atoms with Gasteiger partial charge < -0.3 is 4.98 Å². The van der Waals surface area contributed by atoms with Crippen LogP contribution in [0.1, 0.15) is 43.0 Å². The number of hydrogen-bond acceptors (Lipinski definition) is 3. The molecule has 2 aromatic heterocycles. The molecule has 0 saturated heterocycles. The van der Waals surface area contributed by atoms with Crippen LogP contribution in [0.25, 0.3) is 10.2 Å². The SMILES string of the molecule is CCCCCCc1sc2nc[nH]c(=O)c2c1C. The zero-order valence-electron chi connectivity index (χ0n) is 10.4. The van der Waals surface area contributed by atoms with Gasteiger partial charge in [-0.15, -0.1) is 11.3 Å². The molecule has 0 atom stereocenters. The van der Waals surface area contributed by atoms with Gasteiger partial charge in [0.25, 0.3) is 5.56 Å². The van der Waals surface area contributed by atoms with E-state index in [0.717, 1.165) is 22.2 Å². The molecule has 4 heteroatoms. The molecule has 0 amide bonds. The molecule has 0 saturated carbocycles. The smallest absolute Gasteiger partial charge is 0.259 e. The Bertz CT molecular complexity index is 556. The molecule has 0 unspecified atom stereocenters. The number of aromatic nitrogens is 2. The van der Waals surface area contributed by atoms with Crippen molar-refractivity contribution in [2.75, 3.05) is 0 Å². The quantitative estimate of drug-likeness (QED) is 0.826. The lowest BCUT2D eigenvalue weighted by Gasteiger charge is -1.98. The van der Waals surface area contributed by atoms with E-state index in [1.165, 1.54) is 36.9 Å². The number of fused-ring (bicyclic) bond motifs is 1. The number of H-pyrrole nitrogens is 1. The highest BCUT2D eigenvalue weighted by molar-refractivity contribution is 7.18. The van der Waals surface area contributed by atoms with Crippen molar-refractivity contribution in [3.05, 3.63) is 27.1 Å². The summed E-state index contributed by atoms with van der Waals surface area (Å²) in [5.41, 5.74) is 1.11. The molecule has 0 bridgehead atoms. The molecule has 17 heavy (non-hydrogen) atoms. The lowest BCUT2D eigenvalue weighted by molar-refractivity contribution is 0.669. The van der Waals surface area contributed by atoms with E-state index in [0.29, 0.717) is 0 Å². The van der Waals surface area contributed by atoms with Crippen molar-refractivity contribution in [3.63, 3.8) is 0 Å². The second kappa shape index (κ2) is 5.45. The minimum Gasteiger partial charge on any atom is -0.313 e. The Kier molecular flexibility index (Phi) is 3.94. The van der Waals surface area contributed by atoms with Crippen molar-refractivity contribution < 1.29 is 0 Å². The van der Waals surface area contributed by atoms with Crippen molar-refractivity contribution >= 4 is 21.6 Å². The van der Waals surface area contributed by atoms with Crippen molar-refractivity contribution in [2.45, 2.75) is 46.0 Å². The topological polar surface area (TPSA) is 45.8 Å². The van der Waals surface area contributed by atoms with Crippen LogP contribution in [0.15, 0.2) is 11.1 Å². The summed E-state index contributed by atoms with van der Waals surface area (Å²) >= 11 is 1.66. The monoisotopic (exact) mass is 250 g/mol. The van der Waals surface area contributed by atoms with Gasteiger partial charge in [0, 0.05) is 4.88 Å². The van der Waals surface area contributed by atoms with Gasteiger partial charge in [0.15, 0.2) is 0 Å². The number of aryl methyl sites for hydroxylation is 2. The number of nitrogens with one attached hydrogen (secondary N) is 1. The Morgan fingerprint density at radius 3 is 2.88 bits per heavy atom. The Morgan fingerprint density at radius 1 is 1.35 bits per heavy atom. The third-order valence-corrected chi connectivity index (χ3v) is 4.35. The Morgan fingerprint density at radius 2 is 2.18 bits per heavy atom. The lowest BCUT2D eigenvalue weighted by Crippen LogP contribution is -2.05. The third kappa shape index (κ3) is 2.57. The standard InChI is InChI=1S/C13H18N2OS/c1-3-4-5-6-7-10-9(2)11-12(16)14-8-15-13(11)17-10/h8H,3-7H2,1-2H3,(H,14,15,16). The summed E-state index contributed by atoms with van der Waals surface area (Å²) in [5.74, 6) is 0. The first-order valence-electron chi connectivity index (χ1n) is 6.19. The van der Waals surface area contributed by atoms with Crippen molar-refractivity contribution in [1.29, 1.82) is 0 Å². The number of aromatic amines is 1. The number of hydrogen-bond donors (Lipinski definition) is 1.